The zero-order valence-electron chi connectivity index (χ0n) is 27.0. The second-order valence-electron chi connectivity index (χ2n) is 13.4. The summed E-state index contributed by atoms with van der Waals surface area (Å²) in [5, 5.41) is 3.64. The van der Waals surface area contributed by atoms with E-state index >= 15 is 0 Å². The fourth-order valence-electron chi connectivity index (χ4n) is 7.58. The molecule has 2 amide bonds. The summed E-state index contributed by atoms with van der Waals surface area (Å²) in [5.74, 6) is -0.707. The highest BCUT2D eigenvalue weighted by Gasteiger charge is 2.50. The first kappa shape index (κ1) is 36.3. The van der Waals surface area contributed by atoms with Crippen LogP contribution in [-0.4, -0.2) is 66.0 Å². The molecule has 3 fully saturated rings. The van der Waals surface area contributed by atoms with Gasteiger partial charge in [0.25, 0.3) is 5.91 Å². The maximum atomic E-state index is 13.8. The molecule has 0 bridgehead atoms. The average molecular weight is 742 g/mol. The molecule has 50 heavy (non-hydrogen) atoms. The number of hydrogen-bond acceptors (Lipinski definition) is 4. The third kappa shape index (κ3) is 7.72. The predicted octanol–water partition coefficient (Wildman–Crippen LogP) is 8.31. The molecule has 0 aliphatic carbocycles. The van der Waals surface area contributed by atoms with E-state index in [1.165, 1.54) is 4.90 Å². The lowest BCUT2D eigenvalue weighted by atomic mass is 9.83. The summed E-state index contributed by atoms with van der Waals surface area (Å²) in [6.45, 7) is 2.82. The van der Waals surface area contributed by atoms with E-state index in [-0.39, 0.29) is 24.4 Å². The minimum atomic E-state index is -5.07. The summed E-state index contributed by atoms with van der Waals surface area (Å²) < 4.78 is 81.8. The number of rotatable bonds is 7. The molecule has 3 aliphatic rings. The SMILES string of the molecule is O=C(c1cc(C(F)(F)F)cc(C(F)(F)F)c1)N1CC[C@H](CCN2CCC3(CC2)C(=O)NCN3c2ccccc2)C[C@H]1Cc1ccc(Cl)c(Cl)c1. The van der Waals surface area contributed by atoms with Gasteiger partial charge in [0, 0.05) is 36.9 Å². The molecule has 0 saturated carbocycles. The van der Waals surface area contributed by atoms with Crippen LogP contribution in [0.2, 0.25) is 10.0 Å². The normalized spacial score (nSPS) is 21.5. The number of nitrogens with one attached hydrogen (secondary N) is 1. The van der Waals surface area contributed by atoms with Crippen molar-refractivity contribution in [2.75, 3.05) is 37.7 Å². The molecular weight excluding hydrogens is 705 g/mol. The highest BCUT2D eigenvalue weighted by Crippen LogP contribution is 2.39. The van der Waals surface area contributed by atoms with E-state index in [0.717, 1.165) is 37.3 Å². The van der Waals surface area contributed by atoms with E-state index < -0.39 is 46.5 Å². The Morgan fingerprint density at radius 3 is 2.14 bits per heavy atom. The average Bonchev–Trinajstić information content (AvgIpc) is 3.39. The van der Waals surface area contributed by atoms with Crippen LogP contribution in [0.25, 0.3) is 0 Å². The number of carbonyl (C=O) groups excluding carboxylic acids is 2. The number of anilines is 1. The third-order valence-corrected chi connectivity index (χ3v) is 11.1. The number of piperidine rings is 2. The molecule has 0 unspecified atom stereocenters. The molecule has 6 nitrogen and oxygen atoms in total. The van der Waals surface area contributed by atoms with Crippen LogP contribution in [0.5, 0.6) is 0 Å². The van der Waals surface area contributed by atoms with Gasteiger partial charge in [-0.3, -0.25) is 9.59 Å². The number of benzene rings is 3. The van der Waals surface area contributed by atoms with E-state index in [2.05, 4.69) is 15.1 Å². The molecule has 268 valence electrons. The molecule has 3 heterocycles. The van der Waals surface area contributed by atoms with Crippen LogP contribution in [0.15, 0.2) is 66.7 Å². The summed E-state index contributed by atoms with van der Waals surface area (Å²) in [6.07, 6.45) is -6.70. The molecular formula is C36H36Cl2F6N4O2. The molecule has 1 spiro atoms. The Kier molecular flexibility index (Phi) is 10.4. The van der Waals surface area contributed by atoms with Crippen molar-refractivity contribution in [2.24, 2.45) is 5.92 Å². The van der Waals surface area contributed by atoms with Crippen LogP contribution < -0.4 is 10.2 Å². The Morgan fingerprint density at radius 2 is 1.52 bits per heavy atom. The minimum absolute atomic E-state index is 0.0248. The van der Waals surface area contributed by atoms with Gasteiger partial charge in [-0.2, -0.15) is 26.3 Å². The zero-order valence-corrected chi connectivity index (χ0v) is 28.5. The monoisotopic (exact) mass is 740 g/mol. The van der Waals surface area contributed by atoms with Gasteiger partial charge in [-0.25, -0.2) is 0 Å². The summed E-state index contributed by atoms with van der Waals surface area (Å²) in [6, 6.07) is 15.4. The number of alkyl halides is 6. The van der Waals surface area contributed by atoms with Gasteiger partial charge in [0.1, 0.15) is 5.54 Å². The highest BCUT2D eigenvalue weighted by molar-refractivity contribution is 6.42. The topological polar surface area (TPSA) is 55.9 Å². The first-order valence-corrected chi connectivity index (χ1v) is 17.3. The van der Waals surface area contributed by atoms with Gasteiger partial charge >= 0.3 is 12.4 Å². The second kappa shape index (κ2) is 14.3. The van der Waals surface area contributed by atoms with Crippen molar-refractivity contribution >= 4 is 40.7 Å². The van der Waals surface area contributed by atoms with Crippen LogP contribution in [-0.2, 0) is 23.6 Å². The van der Waals surface area contributed by atoms with Gasteiger partial charge in [-0.15, -0.1) is 0 Å². The van der Waals surface area contributed by atoms with Gasteiger partial charge in [0.15, 0.2) is 0 Å². The number of para-hydroxylation sites is 1. The van der Waals surface area contributed by atoms with Gasteiger partial charge < -0.3 is 20.0 Å². The van der Waals surface area contributed by atoms with Gasteiger partial charge in [-0.1, -0.05) is 47.5 Å². The Balaban J connectivity index is 1.16. The minimum Gasteiger partial charge on any atom is -0.339 e. The Morgan fingerprint density at radius 1 is 0.860 bits per heavy atom. The molecule has 3 saturated heterocycles. The molecule has 2 atom stereocenters. The molecule has 0 radical (unpaired) electrons. The quantitative estimate of drug-likeness (QED) is 0.248. The molecule has 14 heteroatoms. The second-order valence-corrected chi connectivity index (χ2v) is 14.2. The Labute approximate surface area is 296 Å². The Bertz CT molecular complexity index is 1680. The number of hydrogen-bond donors (Lipinski definition) is 1. The zero-order chi connectivity index (χ0) is 35.8. The smallest absolute Gasteiger partial charge is 0.339 e. The van der Waals surface area contributed by atoms with Crippen molar-refractivity contribution in [1.29, 1.82) is 0 Å². The first-order valence-electron chi connectivity index (χ1n) is 16.5. The first-order chi connectivity index (χ1) is 23.6. The van der Waals surface area contributed by atoms with Crippen molar-refractivity contribution < 1.29 is 35.9 Å². The molecule has 3 aromatic carbocycles. The summed E-state index contributed by atoms with van der Waals surface area (Å²) >= 11 is 12.4. The maximum absolute atomic E-state index is 13.8. The third-order valence-electron chi connectivity index (χ3n) is 10.3. The number of likely N-dealkylation sites (tertiary alicyclic amines) is 2. The lowest BCUT2D eigenvalue weighted by Gasteiger charge is -2.44. The molecule has 6 rings (SSSR count). The summed E-state index contributed by atoms with van der Waals surface area (Å²) in [7, 11) is 0. The van der Waals surface area contributed by atoms with Crippen LogP contribution in [0.1, 0.15) is 59.2 Å². The molecule has 3 aliphatic heterocycles. The maximum Gasteiger partial charge on any atom is 0.416 e. The molecule has 1 N–H and O–H groups in total. The predicted molar refractivity (Wildman–Crippen MR) is 179 cm³/mol. The van der Waals surface area contributed by atoms with Gasteiger partial charge in [0.2, 0.25) is 5.91 Å². The fourth-order valence-corrected chi connectivity index (χ4v) is 7.91. The van der Waals surface area contributed by atoms with Crippen molar-refractivity contribution in [3.05, 3.63) is 99.0 Å². The van der Waals surface area contributed by atoms with Crippen LogP contribution in [0.3, 0.4) is 0 Å². The van der Waals surface area contributed by atoms with E-state index in [1.807, 2.05) is 30.3 Å². The van der Waals surface area contributed by atoms with Crippen molar-refractivity contribution in [1.82, 2.24) is 15.1 Å². The number of amides is 2. The van der Waals surface area contributed by atoms with Crippen LogP contribution in [0, 0.1) is 5.92 Å². The molecule has 0 aromatic heterocycles. The Hall–Kier alpha value is -3.48. The highest BCUT2D eigenvalue weighted by atomic mass is 35.5. The number of halogens is 8. The van der Waals surface area contributed by atoms with Crippen molar-refractivity contribution in [2.45, 2.75) is 62.5 Å². The van der Waals surface area contributed by atoms with Crippen LogP contribution >= 0.6 is 23.2 Å². The van der Waals surface area contributed by atoms with E-state index in [4.69, 9.17) is 23.2 Å². The fraction of sp³-hybridized carbons (Fsp3) is 0.444. The van der Waals surface area contributed by atoms with Gasteiger partial charge in [-0.05, 0) is 99.0 Å². The standard InChI is InChI=1S/C36H36Cl2F6N4O2/c37-30-7-6-24(18-31(30)38)17-29-16-23(9-13-47(29)32(49)25-19-26(35(39,40)41)21-27(20-25)36(42,43)44)8-12-46-14-10-34(11-15-46)33(50)45-22-48(34)28-4-2-1-3-5-28/h1-7,18-21,23,29H,8-17,22H2,(H,45,50)/t23-,29-/m0/s1. The van der Waals surface area contributed by atoms with Crippen molar-refractivity contribution in [3.8, 4) is 0 Å². The molecule has 3 aromatic rings. The van der Waals surface area contributed by atoms with E-state index in [0.29, 0.717) is 61.0 Å². The van der Waals surface area contributed by atoms with E-state index in [9.17, 15) is 35.9 Å². The lowest BCUT2D eigenvalue weighted by Crippen LogP contribution is -2.56. The largest absolute Gasteiger partial charge is 0.416 e. The van der Waals surface area contributed by atoms with Crippen molar-refractivity contribution in [3.63, 3.8) is 0 Å². The number of nitrogens with zero attached hydrogens (tertiary/aromatic N) is 3. The number of carbonyl (C=O) groups is 2. The lowest BCUT2D eigenvalue weighted by molar-refractivity contribution is -0.143. The van der Waals surface area contributed by atoms with E-state index in [1.54, 1.807) is 18.2 Å². The summed E-state index contributed by atoms with van der Waals surface area (Å²) in [4.78, 5) is 32.7. The van der Waals surface area contributed by atoms with Crippen LogP contribution in [0.4, 0.5) is 32.0 Å². The van der Waals surface area contributed by atoms with Gasteiger partial charge in [0.05, 0.1) is 27.8 Å². The summed E-state index contributed by atoms with van der Waals surface area (Å²) in [5.41, 5.74) is -2.60.